The summed E-state index contributed by atoms with van der Waals surface area (Å²) in [5.41, 5.74) is 0.972. The van der Waals surface area contributed by atoms with Crippen LogP contribution in [0.25, 0.3) is 0 Å². The lowest BCUT2D eigenvalue weighted by Crippen LogP contribution is -2.11. The van der Waals surface area contributed by atoms with E-state index in [0.29, 0.717) is 22.8 Å². The Kier molecular flexibility index (Phi) is 5.30. The molecule has 0 aliphatic rings. The number of hydrogen-bond donors (Lipinski definition) is 0. The van der Waals surface area contributed by atoms with E-state index >= 15 is 0 Å². The third-order valence-electron chi connectivity index (χ3n) is 2.90. The number of ether oxygens (including phenoxy) is 1. The highest BCUT2D eigenvalue weighted by atomic mass is 79.9. The zero-order valence-electron chi connectivity index (χ0n) is 11.7. The molecule has 0 aliphatic heterocycles. The third-order valence-corrected chi connectivity index (χ3v) is 4.76. The molecule has 0 spiro atoms. The molecule has 112 valence electrons. The van der Waals surface area contributed by atoms with E-state index in [2.05, 4.69) is 21.0 Å². The monoisotopic (exact) mass is 370 g/mol. The molecule has 1 heterocycles. The van der Waals surface area contributed by atoms with Crippen LogP contribution >= 0.6 is 15.9 Å². The Labute approximate surface area is 133 Å². The average Bonchev–Trinajstić information content (AvgIpc) is 2.81. The summed E-state index contributed by atoms with van der Waals surface area (Å²) in [6, 6.07) is 7.26. The molecular formula is C14H15BrN2O3S. The number of halogens is 1. The van der Waals surface area contributed by atoms with Crippen LogP contribution in [-0.2, 0) is 28.3 Å². The summed E-state index contributed by atoms with van der Waals surface area (Å²) < 4.78 is 19.9. The smallest absolute Gasteiger partial charge is 0.341 e. The fourth-order valence-electron chi connectivity index (χ4n) is 1.81. The van der Waals surface area contributed by atoms with E-state index in [4.69, 9.17) is 4.74 Å². The van der Waals surface area contributed by atoms with Crippen molar-refractivity contribution in [1.82, 2.24) is 9.78 Å². The second kappa shape index (κ2) is 7.00. The van der Waals surface area contributed by atoms with Crippen molar-refractivity contribution in [3.63, 3.8) is 0 Å². The molecule has 0 saturated carbocycles. The Morgan fingerprint density at radius 3 is 2.67 bits per heavy atom. The molecule has 2 rings (SSSR count). The zero-order chi connectivity index (χ0) is 15.4. The quantitative estimate of drug-likeness (QED) is 0.759. The molecule has 1 aromatic heterocycles. The standard InChI is InChI=1S/C14H15BrN2O3S/c1-3-20-14(18)12-8-16-17(2)13(12)9-21(19)11-6-4-10(15)5-7-11/h4-8H,3,9H2,1-2H3. The van der Waals surface area contributed by atoms with Crippen molar-refractivity contribution in [1.29, 1.82) is 0 Å². The van der Waals surface area contributed by atoms with E-state index < -0.39 is 16.8 Å². The van der Waals surface area contributed by atoms with Crippen LogP contribution in [0, 0.1) is 0 Å². The number of esters is 1. The fraction of sp³-hybridized carbons (Fsp3) is 0.286. The van der Waals surface area contributed by atoms with Gasteiger partial charge in [-0.05, 0) is 31.2 Å². The first-order chi connectivity index (χ1) is 10.0. The molecular weight excluding hydrogens is 356 g/mol. The molecule has 1 unspecified atom stereocenters. The molecule has 0 fully saturated rings. The van der Waals surface area contributed by atoms with Gasteiger partial charge in [-0.1, -0.05) is 15.9 Å². The molecule has 0 saturated heterocycles. The summed E-state index contributed by atoms with van der Waals surface area (Å²) in [4.78, 5) is 12.6. The van der Waals surface area contributed by atoms with E-state index in [1.807, 2.05) is 12.1 Å². The molecule has 21 heavy (non-hydrogen) atoms. The van der Waals surface area contributed by atoms with Crippen LogP contribution in [0.5, 0.6) is 0 Å². The van der Waals surface area contributed by atoms with Crippen molar-refractivity contribution in [3.8, 4) is 0 Å². The first-order valence-electron chi connectivity index (χ1n) is 6.35. The summed E-state index contributed by atoms with van der Waals surface area (Å²) in [5.74, 6) is -0.222. The van der Waals surface area contributed by atoms with Gasteiger partial charge < -0.3 is 4.74 Å². The van der Waals surface area contributed by atoms with Crippen LogP contribution in [0.4, 0.5) is 0 Å². The predicted octanol–water partition coefficient (Wildman–Crippen LogP) is 2.67. The van der Waals surface area contributed by atoms with E-state index in [-0.39, 0.29) is 5.75 Å². The van der Waals surface area contributed by atoms with E-state index in [9.17, 15) is 9.00 Å². The summed E-state index contributed by atoms with van der Waals surface area (Å²) in [5, 5.41) is 4.05. The molecule has 5 nitrogen and oxygen atoms in total. The Hall–Kier alpha value is -1.47. The van der Waals surface area contributed by atoms with Gasteiger partial charge >= 0.3 is 5.97 Å². The number of nitrogens with zero attached hydrogens (tertiary/aromatic N) is 2. The fourth-order valence-corrected chi connectivity index (χ4v) is 3.27. The maximum Gasteiger partial charge on any atom is 0.341 e. The van der Waals surface area contributed by atoms with E-state index in [1.165, 1.54) is 6.20 Å². The van der Waals surface area contributed by atoms with Crippen LogP contribution in [0.1, 0.15) is 23.0 Å². The van der Waals surface area contributed by atoms with Crippen molar-refractivity contribution in [2.24, 2.45) is 7.05 Å². The van der Waals surface area contributed by atoms with Crippen molar-refractivity contribution >= 4 is 32.7 Å². The minimum atomic E-state index is -1.25. The minimum Gasteiger partial charge on any atom is -0.462 e. The molecule has 2 aromatic rings. The molecule has 1 aromatic carbocycles. The maximum atomic E-state index is 12.4. The predicted molar refractivity (Wildman–Crippen MR) is 83.4 cm³/mol. The number of rotatable bonds is 5. The summed E-state index contributed by atoms with van der Waals surface area (Å²) in [7, 11) is 0.468. The number of benzene rings is 1. The lowest BCUT2D eigenvalue weighted by atomic mass is 10.3. The summed E-state index contributed by atoms with van der Waals surface area (Å²) >= 11 is 3.34. The van der Waals surface area contributed by atoms with Gasteiger partial charge in [0, 0.05) is 16.4 Å². The van der Waals surface area contributed by atoms with Gasteiger partial charge in [-0.15, -0.1) is 0 Å². The number of hydrogen-bond acceptors (Lipinski definition) is 4. The lowest BCUT2D eigenvalue weighted by Gasteiger charge is -2.06. The highest BCUT2D eigenvalue weighted by Crippen LogP contribution is 2.18. The molecule has 0 radical (unpaired) electrons. The van der Waals surface area contributed by atoms with Gasteiger partial charge in [0.2, 0.25) is 0 Å². The van der Waals surface area contributed by atoms with Crippen LogP contribution < -0.4 is 0 Å². The number of carbonyl (C=O) groups excluding carboxylic acids is 1. The second-order valence-electron chi connectivity index (χ2n) is 4.29. The Bertz CT molecular complexity index is 667. The highest BCUT2D eigenvalue weighted by Gasteiger charge is 2.19. The van der Waals surface area contributed by atoms with Gasteiger partial charge in [-0.25, -0.2) is 4.79 Å². The van der Waals surface area contributed by atoms with Gasteiger partial charge in [0.15, 0.2) is 0 Å². The summed E-state index contributed by atoms with van der Waals surface area (Å²) in [6.07, 6.45) is 1.45. The number of carbonyl (C=O) groups is 1. The first kappa shape index (κ1) is 15.9. The molecule has 0 N–H and O–H groups in total. The molecule has 0 amide bonds. The van der Waals surface area contributed by atoms with Gasteiger partial charge in [-0.3, -0.25) is 8.89 Å². The van der Waals surface area contributed by atoms with Crippen LogP contribution in [0.15, 0.2) is 39.8 Å². The first-order valence-corrected chi connectivity index (χ1v) is 8.46. The topological polar surface area (TPSA) is 61.2 Å². The van der Waals surface area contributed by atoms with Gasteiger partial charge in [-0.2, -0.15) is 5.10 Å². The number of aromatic nitrogens is 2. The second-order valence-corrected chi connectivity index (χ2v) is 6.66. The van der Waals surface area contributed by atoms with Gasteiger partial charge in [0.25, 0.3) is 0 Å². The Morgan fingerprint density at radius 1 is 1.38 bits per heavy atom. The summed E-state index contributed by atoms with van der Waals surface area (Å²) in [6.45, 7) is 2.04. The largest absolute Gasteiger partial charge is 0.462 e. The van der Waals surface area contributed by atoms with Gasteiger partial charge in [0.1, 0.15) is 5.56 Å². The number of aryl methyl sites for hydroxylation is 1. The Balaban J connectivity index is 2.23. The van der Waals surface area contributed by atoms with Crippen LogP contribution in [0.3, 0.4) is 0 Å². The molecule has 0 aliphatic carbocycles. The molecule has 7 heteroatoms. The van der Waals surface area contributed by atoms with Crippen LogP contribution in [-0.4, -0.2) is 26.6 Å². The average molecular weight is 371 g/mol. The lowest BCUT2D eigenvalue weighted by molar-refractivity contribution is 0.0525. The molecule has 0 bridgehead atoms. The van der Waals surface area contributed by atoms with Crippen molar-refractivity contribution in [2.75, 3.05) is 6.61 Å². The van der Waals surface area contributed by atoms with E-state index in [0.717, 1.165) is 4.47 Å². The van der Waals surface area contributed by atoms with Crippen LogP contribution in [0.2, 0.25) is 0 Å². The van der Waals surface area contributed by atoms with Crippen molar-refractivity contribution in [3.05, 3.63) is 46.2 Å². The van der Waals surface area contributed by atoms with Crippen molar-refractivity contribution < 1.29 is 13.7 Å². The zero-order valence-corrected chi connectivity index (χ0v) is 14.1. The van der Waals surface area contributed by atoms with E-state index in [1.54, 1.807) is 30.8 Å². The highest BCUT2D eigenvalue weighted by molar-refractivity contribution is 9.10. The maximum absolute atomic E-state index is 12.4. The SMILES string of the molecule is CCOC(=O)c1cnn(C)c1CS(=O)c1ccc(Br)cc1. The molecule has 1 atom stereocenters. The third kappa shape index (κ3) is 3.79. The normalized spacial score (nSPS) is 12.1. The van der Waals surface area contributed by atoms with Gasteiger partial charge in [0.05, 0.1) is 35.1 Å². The Morgan fingerprint density at radius 2 is 2.05 bits per heavy atom. The van der Waals surface area contributed by atoms with Crippen molar-refractivity contribution in [2.45, 2.75) is 17.6 Å². The minimum absolute atomic E-state index is 0.215.